The number of nitrogens with zero attached hydrogens (tertiary/aromatic N) is 1. The van der Waals surface area contributed by atoms with Gasteiger partial charge in [-0.2, -0.15) is 0 Å². The Morgan fingerprint density at radius 2 is 2.16 bits per heavy atom. The molecule has 1 heterocycles. The Morgan fingerprint density at radius 1 is 1.37 bits per heavy atom. The number of ether oxygens (including phenoxy) is 1. The minimum absolute atomic E-state index is 0.137. The summed E-state index contributed by atoms with van der Waals surface area (Å²) in [4.78, 5) is 4.09. The van der Waals surface area contributed by atoms with Gasteiger partial charge in [-0.15, -0.1) is 0 Å². The Kier molecular flexibility index (Phi) is 6.93. The van der Waals surface area contributed by atoms with E-state index in [4.69, 9.17) is 10.5 Å². The number of sulfonamides is 1. The maximum absolute atomic E-state index is 11.9. The molecule has 0 aliphatic heterocycles. The summed E-state index contributed by atoms with van der Waals surface area (Å²) in [6, 6.07) is 3.10. The summed E-state index contributed by atoms with van der Waals surface area (Å²) >= 11 is 0. The van der Waals surface area contributed by atoms with E-state index in [9.17, 15) is 8.42 Å². The van der Waals surface area contributed by atoms with Crippen LogP contribution in [0.25, 0.3) is 0 Å². The number of unbranched alkanes of at least 4 members (excludes halogenated alkanes) is 1. The van der Waals surface area contributed by atoms with Crippen molar-refractivity contribution < 1.29 is 13.2 Å². The van der Waals surface area contributed by atoms with Gasteiger partial charge in [-0.25, -0.2) is 13.1 Å². The summed E-state index contributed by atoms with van der Waals surface area (Å²) in [5.74, 6) is 0. The molecular weight excluding hydrogens is 266 g/mol. The molecule has 0 spiro atoms. The van der Waals surface area contributed by atoms with Crippen LogP contribution >= 0.6 is 0 Å². The lowest BCUT2D eigenvalue weighted by Crippen LogP contribution is -2.27. The van der Waals surface area contributed by atoms with E-state index in [2.05, 4.69) is 16.6 Å². The zero-order chi connectivity index (χ0) is 14.1. The van der Waals surface area contributed by atoms with Gasteiger partial charge in [0.25, 0.3) is 0 Å². The van der Waals surface area contributed by atoms with E-state index in [-0.39, 0.29) is 11.4 Å². The zero-order valence-electron chi connectivity index (χ0n) is 11.1. The summed E-state index contributed by atoms with van der Waals surface area (Å²) in [6.07, 6.45) is 3.35. The van der Waals surface area contributed by atoms with Crippen LogP contribution in [-0.4, -0.2) is 33.2 Å². The SMILES string of the molecule is CCCCOCCNS(=O)(=O)c1ccc(CN)nc1. The molecule has 0 fully saturated rings. The van der Waals surface area contributed by atoms with Gasteiger partial charge in [0.1, 0.15) is 4.90 Å². The summed E-state index contributed by atoms with van der Waals surface area (Å²) in [5.41, 5.74) is 6.06. The number of nitrogens with one attached hydrogen (secondary N) is 1. The van der Waals surface area contributed by atoms with Crippen LogP contribution in [0.1, 0.15) is 25.5 Å². The van der Waals surface area contributed by atoms with Gasteiger partial charge in [-0.1, -0.05) is 13.3 Å². The maximum Gasteiger partial charge on any atom is 0.242 e. The first-order valence-electron chi connectivity index (χ1n) is 6.32. The largest absolute Gasteiger partial charge is 0.380 e. The van der Waals surface area contributed by atoms with Gasteiger partial charge in [0.15, 0.2) is 0 Å². The lowest BCUT2D eigenvalue weighted by atomic mass is 10.4. The van der Waals surface area contributed by atoms with Gasteiger partial charge in [0, 0.05) is 25.9 Å². The highest BCUT2D eigenvalue weighted by Crippen LogP contribution is 2.07. The van der Waals surface area contributed by atoms with Crippen molar-refractivity contribution in [2.45, 2.75) is 31.2 Å². The summed E-state index contributed by atoms with van der Waals surface area (Å²) < 4.78 is 31.5. The highest BCUT2D eigenvalue weighted by atomic mass is 32.2. The van der Waals surface area contributed by atoms with Crippen molar-refractivity contribution in [1.82, 2.24) is 9.71 Å². The fourth-order valence-electron chi connectivity index (χ4n) is 1.37. The van der Waals surface area contributed by atoms with Gasteiger partial charge in [0.05, 0.1) is 12.3 Å². The van der Waals surface area contributed by atoms with Crippen LogP contribution in [0, 0.1) is 0 Å². The second-order valence-electron chi connectivity index (χ2n) is 4.05. The third-order valence-electron chi connectivity index (χ3n) is 2.50. The van der Waals surface area contributed by atoms with Crippen LogP contribution in [0.2, 0.25) is 0 Å². The van der Waals surface area contributed by atoms with E-state index < -0.39 is 10.0 Å². The number of pyridine rings is 1. The molecule has 0 aliphatic rings. The fourth-order valence-corrected chi connectivity index (χ4v) is 2.33. The molecule has 1 rings (SSSR count). The Hall–Kier alpha value is -1.02. The van der Waals surface area contributed by atoms with E-state index in [0.29, 0.717) is 25.5 Å². The molecule has 0 radical (unpaired) electrons. The topological polar surface area (TPSA) is 94.3 Å². The monoisotopic (exact) mass is 287 g/mol. The van der Waals surface area contributed by atoms with E-state index in [0.717, 1.165) is 12.8 Å². The Bertz CT molecular complexity index is 460. The molecule has 0 atom stereocenters. The first-order valence-corrected chi connectivity index (χ1v) is 7.81. The lowest BCUT2D eigenvalue weighted by Gasteiger charge is -2.07. The van der Waals surface area contributed by atoms with E-state index in [1.165, 1.54) is 12.3 Å². The molecular formula is C12H21N3O3S. The van der Waals surface area contributed by atoms with Crippen LogP contribution in [0.5, 0.6) is 0 Å². The normalized spacial score (nSPS) is 11.7. The first-order chi connectivity index (χ1) is 9.10. The molecule has 0 aliphatic carbocycles. The highest BCUT2D eigenvalue weighted by Gasteiger charge is 2.13. The quantitative estimate of drug-likeness (QED) is 0.650. The molecule has 0 unspecified atom stereocenters. The van der Waals surface area contributed by atoms with Crippen molar-refractivity contribution in [3.05, 3.63) is 24.0 Å². The molecule has 7 heteroatoms. The molecule has 0 amide bonds. The third-order valence-corrected chi connectivity index (χ3v) is 3.94. The van der Waals surface area contributed by atoms with Crippen LogP contribution < -0.4 is 10.5 Å². The molecule has 3 N–H and O–H groups in total. The lowest BCUT2D eigenvalue weighted by molar-refractivity contribution is 0.136. The molecule has 0 bridgehead atoms. The van der Waals surface area contributed by atoms with Crippen molar-refractivity contribution in [1.29, 1.82) is 0 Å². The van der Waals surface area contributed by atoms with Crippen molar-refractivity contribution in [2.75, 3.05) is 19.8 Å². The first kappa shape index (κ1) is 16.0. The fraction of sp³-hybridized carbons (Fsp3) is 0.583. The number of rotatable bonds is 9. The molecule has 0 aromatic carbocycles. The number of hydrogen-bond acceptors (Lipinski definition) is 5. The smallest absolute Gasteiger partial charge is 0.242 e. The summed E-state index contributed by atoms with van der Waals surface area (Å²) in [6.45, 7) is 3.65. The summed E-state index contributed by atoms with van der Waals surface area (Å²) in [7, 11) is -3.51. The van der Waals surface area contributed by atoms with E-state index in [1.54, 1.807) is 6.07 Å². The second-order valence-corrected chi connectivity index (χ2v) is 5.82. The third kappa shape index (κ3) is 5.65. The minimum Gasteiger partial charge on any atom is -0.380 e. The number of nitrogens with two attached hydrogens (primary N) is 1. The Morgan fingerprint density at radius 3 is 2.74 bits per heavy atom. The van der Waals surface area contributed by atoms with Crippen LogP contribution in [-0.2, 0) is 21.3 Å². The highest BCUT2D eigenvalue weighted by molar-refractivity contribution is 7.89. The average Bonchev–Trinajstić information content (AvgIpc) is 2.43. The molecule has 19 heavy (non-hydrogen) atoms. The van der Waals surface area contributed by atoms with Crippen LogP contribution in [0.4, 0.5) is 0 Å². The standard InChI is InChI=1S/C12H21N3O3S/c1-2-3-7-18-8-6-15-19(16,17)12-5-4-11(9-13)14-10-12/h4-5,10,15H,2-3,6-9,13H2,1H3. The van der Waals surface area contributed by atoms with Gasteiger partial charge < -0.3 is 10.5 Å². The van der Waals surface area contributed by atoms with Crippen LogP contribution in [0.3, 0.4) is 0 Å². The van der Waals surface area contributed by atoms with Gasteiger partial charge in [-0.3, -0.25) is 4.98 Å². The molecule has 1 aromatic heterocycles. The van der Waals surface area contributed by atoms with Gasteiger partial charge in [-0.05, 0) is 18.6 Å². The van der Waals surface area contributed by atoms with Crippen molar-refractivity contribution >= 4 is 10.0 Å². The van der Waals surface area contributed by atoms with Crippen LogP contribution in [0.15, 0.2) is 23.2 Å². The predicted molar refractivity (Wildman–Crippen MR) is 73.0 cm³/mol. The minimum atomic E-state index is -3.51. The van der Waals surface area contributed by atoms with E-state index in [1.807, 2.05) is 0 Å². The molecule has 6 nitrogen and oxygen atoms in total. The van der Waals surface area contributed by atoms with Gasteiger partial charge >= 0.3 is 0 Å². The Balaban J connectivity index is 2.42. The van der Waals surface area contributed by atoms with E-state index >= 15 is 0 Å². The summed E-state index contributed by atoms with van der Waals surface area (Å²) in [5, 5.41) is 0. The molecule has 0 saturated carbocycles. The Labute approximate surface area is 114 Å². The van der Waals surface area contributed by atoms with Gasteiger partial charge in [0.2, 0.25) is 10.0 Å². The second kappa shape index (κ2) is 8.21. The number of hydrogen-bond donors (Lipinski definition) is 2. The van der Waals surface area contributed by atoms with Crippen molar-refractivity contribution in [3.63, 3.8) is 0 Å². The van der Waals surface area contributed by atoms with Crippen molar-refractivity contribution in [3.8, 4) is 0 Å². The maximum atomic E-state index is 11.9. The predicted octanol–water partition coefficient (Wildman–Crippen LogP) is 0.635. The zero-order valence-corrected chi connectivity index (χ0v) is 11.9. The number of aromatic nitrogens is 1. The molecule has 108 valence electrons. The average molecular weight is 287 g/mol. The molecule has 0 saturated heterocycles. The van der Waals surface area contributed by atoms with Crippen molar-refractivity contribution in [2.24, 2.45) is 5.73 Å². The molecule has 1 aromatic rings.